The van der Waals surface area contributed by atoms with Crippen LogP contribution in [0.3, 0.4) is 0 Å². The number of rotatable bonds is 3. The highest BCUT2D eigenvalue weighted by Gasteiger charge is 2.31. The van der Waals surface area contributed by atoms with E-state index in [-0.39, 0.29) is 35.9 Å². The molecule has 0 spiro atoms. The van der Waals surface area contributed by atoms with Crippen LogP contribution < -0.4 is 16.0 Å². The van der Waals surface area contributed by atoms with Gasteiger partial charge in [-0.15, -0.1) is 12.4 Å². The summed E-state index contributed by atoms with van der Waals surface area (Å²) in [6, 6.07) is 4.98. The number of anilines is 1. The van der Waals surface area contributed by atoms with Crippen molar-refractivity contribution in [3.05, 3.63) is 47.5 Å². The molecule has 1 fully saturated rings. The lowest BCUT2D eigenvalue weighted by atomic mass is 10.1. The fourth-order valence-electron chi connectivity index (χ4n) is 3.43. The van der Waals surface area contributed by atoms with Crippen molar-refractivity contribution in [3.63, 3.8) is 0 Å². The molecule has 1 aliphatic rings. The van der Waals surface area contributed by atoms with Crippen molar-refractivity contribution in [3.8, 4) is 0 Å². The third-order valence-corrected chi connectivity index (χ3v) is 4.88. The highest BCUT2D eigenvalue weighted by Crippen LogP contribution is 2.25. The Morgan fingerprint density at radius 3 is 2.63 bits per heavy atom. The highest BCUT2D eigenvalue weighted by atomic mass is 35.5. The SMILES string of the molecule is Cc1ccc(C(=O)N2CCNCC2c2nccn2C)cc1NC(=O)NC(C)(C)C.Cl. The first-order valence-electron chi connectivity index (χ1n) is 9.84. The lowest BCUT2D eigenvalue weighted by Gasteiger charge is -2.36. The lowest BCUT2D eigenvalue weighted by molar-refractivity contribution is 0.0621. The molecule has 164 valence electrons. The van der Waals surface area contributed by atoms with Crippen LogP contribution in [0.2, 0.25) is 0 Å². The molecule has 1 aromatic heterocycles. The number of aryl methyl sites for hydroxylation is 2. The molecule has 30 heavy (non-hydrogen) atoms. The first kappa shape index (κ1) is 23.7. The number of carbonyl (C=O) groups is 2. The van der Waals surface area contributed by atoms with E-state index in [0.29, 0.717) is 24.3 Å². The largest absolute Gasteiger partial charge is 0.336 e. The van der Waals surface area contributed by atoms with Crippen LogP contribution in [0.5, 0.6) is 0 Å². The molecule has 1 unspecified atom stereocenters. The molecule has 1 aliphatic heterocycles. The van der Waals surface area contributed by atoms with Gasteiger partial charge in [0, 0.05) is 55.9 Å². The molecule has 1 aromatic carbocycles. The molecule has 9 heteroatoms. The zero-order valence-electron chi connectivity index (χ0n) is 18.2. The van der Waals surface area contributed by atoms with E-state index in [1.807, 2.05) is 62.5 Å². The van der Waals surface area contributed by atoms with Crippen molar-refractivity contribution in [1.29, 1.82) is 0 Å². The predicted octanol–water partition coefficient (Wildman–Crippen LogP) is 2.86. The Kier molecular flexibility index (Phi) is 7.49. The summed E-state index contributed by atoms with van der Waals surface area (Å²) in [6.45, 7) is 9.64. The smallest absolute Gasteiger partial charge is 0.319 e. The molecule has 0 aliphatic carbocycles. The lowest BCUT2D eigenvalue weighted by Crippen LogP contribution is -2.49. The molecule has 0 radical (unpaired) electrons. The number of imidazole rings is 1. The number of halogens is 1. The van der Waals surface area contributed by atoms with E-state index in [2.05, 4.69) is 20.9 Å². The first-order chi connectivity index (χ1) is 13.7. The maximum atomic E-state index is 13.3. The van der Waals surface area contributed by atoms with E-state index in [1.165, 1.54) is 0 Å². The van der Waals surface area contributed by atoms with E-state index >= 15 is 0 Å². The summed E-state index contributed by atoms with van der Waals surface area (Å²) in [5, 5.41) is 9.08. The van der Waals surface area contributed by atoms with Crippen molar-refractivity contribution < 1.29 is 9.59 Å². The highest BCUT2D eigenvalue weighted by molar-refractivity contribution is 5.97. The average molecular weight is 435 g/mol. The summed E-state index contributed by atoms with van der Waals surface area (Å²) in [5.74, 6) is 0.777. The quantitative estimate of drug-likeness (QED) is 0.692. The summed E-state index contributed by atoms with van der Waals surface area (Å²) in [7, 11) is 1.93. The van der Waals surface area contributed by atoms with Crippen LogP contribution in [-0.4, -0.2) is 51.6 Å². The molecule has 2 heterocycles. The van der Waals surface area contributed by atoms with Crippen LogP contribution in [0.4, 0.5) is 10.5 Å². The molecule has 3 amide bonds. The van der Waals surface area contributed by atoms with Gasteiger partial charge in [0.25, 0.3) is 5.91 Å². The summed E-state index contributed by atoms with van der Waals surface area (Å²) in [4.78, 5) is 31.9. The van der Waals surface area contributed by atoms with Gasteiger partial charge in [-0.05, 0) is 45.4 Å². The minimum Gasteiger partial charge on any atom is -0.336 e. The van der Waals surface area contributed by atoms with Crippen molar-refractivity contribution in [2.45, 2.75) is 39.3 Å². The fourth-order valence-corrected chi connectivity index (χ4v) is 3.43. The van der Waals surface area contributed by atoms with Crippen molar-refractivity contribution in [2.75, 3.05) is 25.0 Å². The number of piperazine rings is 1. The molecule has 3 rings (SSSR count). The summed E-state index contributed by atoms with van der Waals surface area (Å²) >= 11 is 0. The first-order valence-corrected chi connectivity index (χ1v) is 9.84. The third-order valence-electron chi connectivity index (χ3n) is 4.88. The molecule has 1 saturated heterocycles. The molecule has 2 aromatic rings. The van der Waals surface area contributed by atoms with Crippen molar-refractivity contribution >= 4 is 30.0 Å². The van der Waals surface area contributed by atoms with E-state index in [9.17, 15) is 9.59 Å². The number of benzene rings is 1. The predicted molar refractivity (Wildman–Crippen MR) is 120 cm³/mol. The average Bonchev–Trinajstić information content (AvgIpc) is 3.07. The van der Waals surface area contributed by atoms with Crippen LogP contribution in [0, 0.1) is 6.92 Å². The Labute approximate surface area is 183 Å². The second kappa shape index (κ2) is 9.49. The minimum atomic E-state index is -0.346. The van der Waals surface area contributed by atoms with Gasteiger partial charge in [-0.2, -0.15) is 0 Å². The van der Waals surface area contributed by atoms with Crippen LogP contribution >= 0.6 is 12.4 Å². The topological polar surface area (TPSA) is 91.3 Å². The number of carbonyl (C=O) groups excluding carboxylic acids is 2. The number of hydrogen-bond donors (Lipinski definition) is 3. The third kappa shape index (κ3) is 5.52. The normalized spacial score (nSPS) is 16.6. The molecule has 0 saturated carbocycles. The second-order valence-electron chi connectivity index (χ2n) is 8.47. The Morgan fingerprint density at radius 1 is 1.27 bits per heavy atom. The molecule has 8 nitrogen and oxygen atoms in total. The fraction of sp³-hybridized carbons (Fsp3) is 0.476. The summed E-state index contributed by atoms with van der Waals surface area (Å²) < 4.78 is 1.94. The van der Waals surface area contributed by atoms with Gasteiger partial charge in [-0.3, -0.25) is 4.79 Å². The number of hydrogen-bond acceptors (Lipinski definition) is 4. The Bertz CT molecular complexity index is 905. The van der Waals surface area contributed by atoms with E-state index in [1.54, 1.807) is 12.3 Å². The monoisotopic (exact) mass is 434 g/mol. The Morgan fingerprint density at radius 2 is 2.00 bits per heavy atom. The van der Waals surface area contributed by atoms with Gasteiger partial charge < -0.3 is 25.4 Å². The van der Waals surface area contributed by atoms with Crippen LogP contribution in [-0.2, 0) is 7.05 Å². The van der Waals surface area contributed by atoms with Gasteiger partial charge in [0.1, 0.15) is 11.9 Å². The van der Waals surface area contributed by atoms with Crippen molar-refractivity contribution in [2.24, 2.45) is 7.05 Å². The zero-order chi connectivity index (χ0) is 21.2. The van der Waals surface area contributed by atoms with Crippen LogP contribution in [0.15, 0.2) is 30.6 Å². The van der Waals surface area contributed by atoms with Crippen molar-refractivity contribution in [1.82, 2.24) is 25.1 Å². The number of urea groups is 1. The van der Waals surface area contributed by atoms with Gasteiger partial charge in [-0.25, -0.2) is 9.78 Å². The number of amides is 3. The van der Waals surface area contributed by atoms with Gasteiger partial charge in [0.2, 0.25) is 0 Å². The number of aromatic nitrogens is 2. The summed E-state index contributed by atoms with van der Waals surface area (Å²) in [5.41, 5.74) is 1.72. The van der Waals surface area contributed by atoms with Crippen LogP contribution in [0.25, 0.3) is 0 Å². The van der Waals surface area contributed by atoms with E-state index in [4.69, 9.17) is 0 Å². The molecule has 3 N–H and O–H groups in total. The number of nitrogens with one attached hydrogen (secondary N) is 3. The van der Waals surface area contributed by atoms with E-state index < -0.39 is 0 Å². The molecule has 1 atom stereocenters. The minimum absolute atomic E-state index is 0. The van der Waals surface area contributed by atoms with E-state index in [0.717, 1.165) is 17.9 Å². The summed E-state index contributed by atoms with van der Waals surface area (Å²) in [6.07, 6.45) is 3.63. The second-order valence-corrected chi connectivity index (χ2v) is 8.47. The van der Waals surface area contributed by atoms with Gasteiger partial charge in [0.05, 0.1) is 0 Å². The maximum Gasteiger partial charge on any atom is 0.319 e. The van der Waals surface area contributed by atoms with Gasteiger partial charge >= 0.3 is 6.03 Å². The standard InChI is InChI=1S/C21H30N6O2.ClH/c1-14-6-7-15(12-16(14)24-20(29)25-21(2,3)4)19(28)27-11-8-22-13-17(27)18-23-9-10-26(18)5;/h6-7,9-10,12,17,22H,8,11,13H2,1-5H3,(H2,24,25,29);1H. The molecular formula is C21H31ClN6O2. The zero-order valence-corrected chi connectivity index (χ0v) is 19.0. The maximum absolute atomic E-state index is 13.3. The van der Waals surface area contributed by atoms with Crippen LogP contribution in [0.1, 0.15) is 48.6 Å². The number of nitrogens with zero attached hydrogens (tertiary/aromatic N) is 3. The van der Waals surface area contributed by atoms with Gasteiger partial charge in [0.15, 0.2) is 0 Å². The van der Waals surface area contributed by atoms with Gasteiger partial charge in [-0.1, -0.05) is 6.07 Å². The Hall–Kier alpha value is -2.58. The molecule has 0 bridgehead atoms. The molecular weight excluding hydrogens is 404 g/mol. The Balaban J connectivity index is 0.00000320.